The molecule has 0 spiro atoms. The maximum atomic E-state index is 6.45. The largest absolute Gasteiger partial charge is 0.456 e. The summed E-state index contributed by atoms with van der Waals surface area (Å²) < 4.78 is 12.8. The quantitative estimate of drug-likeness (QED) is 0.180. The standard InChI is InChI=1S/C48H28O2/c1-2-12-30-28-45-42(26-29(30)11-1)41-27-33(23-24-44(41)49-45)47-38-18-5-3-16-36(38)46(37-17-4-6-19-39(37)47)32-14-9-13-31(25-32)34-20-10-21-40-35-15-7-8-22-43(35)50-48(34)40/h1-28H. The van der Waals surface area contributed by atoms with Gasteiger partial charge in [-0.1, -0.05) is 133 Å². The summed E-state index contributed by atoms with van der Waals surface area (Å²) >= 11 is 0. The van der Waals surface area contributed by atoms with E-state index in [0.29, 0.717) is 0 Å². The lowest BCUT2D eigenvalue weighted by atomic mass is 9.85. The third-order valence-electron chi connectivity index (χ3n) is 10.4. The van der Waals surface area contributed by atoms with Gasteiger partial charge in [0.05, 0.1) is 0 Å². The fraction of sp³-hybridized carbons (Fsp3) is 0. The summed E-state index contributed by atoms with van der Waals surface area (Å²) in [7, 11) is 0. The van der Waals surface area contributed by atoms with Crippen molar-refractivity contribution in [2.45, 2.75) is 0 Å². The molecule has 0 unspecified atom stereocenters. The highest BCUT2D eigenvalue weighted by Gasteiger charge is 2.19. The minimum absolute atomic E-state index is 0.903. The van der Waals surface area contributed by atoms with E-state index in [1.807, 2.05) is 12.1 Å². The molecule has 50 heavy (non-hydrogen) atoms. The van der Waals surface area contributed by atoms with Crippen LogP contribution in [0.1, 0.15) is 0 Å². The molecule has 2 aromatic heterocycles. The first-order chi connectivity index (χ1) is 24.8. The SMILES string of the molecule is c1cc(-c2c3ccccc3c(-c3ccc4oc5cc6ccccc6cc5c4c3)c3ccccc23)cc(-c2cccc3c2oc2ccccc23)c1. The first-order valence-corrected chi connectivity index (χ1v) is 17.1. The Morgan fingerprint density at radius 3 is 1.56 bits per heavy atom. The number of para-hydroxylation sites is 2. The van der Waals surface area contributed by atoms with E-state index < -0.39 is 0 Å². The second-order valence-electron chi connectivity index (χ2n) is 13.2. The van der Waals surface area contributed by atoms with Crippen LogP contribution in [0, 0.1) is 0 Å². The molecule has 0 N–H and O–H groups in total. The number of furan rings is 2. The van der Waals surface area contributed by atoms with Gasteiger partial charge in [-0.2, -0.15) is 0 Å². The van der Waals surface area contributed by atoms with Gasteiger partial charge in [-0.25, -0.2) is 0 Å². The van der Waals surface area contributed by atoms with Crippen molar-refractivity contribution in [1.29, 1.82) is 0 Å². The lowest BCUT2D eigenvalue weighted by Crippen LogP contribution is -1.91. The van der Waals surface area contributed by atoms with E-state index in [4.69, 9.17) is 8.83 Å². The van der Waals surface area contributed by atoms with Gasteiger partial charge in [0, 0.05) is 27.1 Å². The Morgan fingerprint density at radius 1 is 0.280 bits per heavy atom. The Labute approximate surface area is 287 Å². The van der Waals surface area contributed by atoms with Crippen molar-refractivity contribution in [1.82, 2.24) is 0 Å². The van der Waals surface area contributed by atoms with Crippen molar-refractivity contribution in [3.8, 4) is 33.4 Å². The van der Waals surface area contributed by atoms with E-state index in [9.17, 15) is 0 Å². The van der Waals surface area contributed by atoms with Crippen LogP contribution in [-0.4, -0.2) is 0 Å². The molecule has 0 radical (unpaired) electrons. The van der Waals surface area contributed by atoms with Gasteiger partial charge in [-0.05, 0) is 96.5 Å². The molecule has 0 aliphatic rings. The number of fused-ring (bicyclic) bond motifs is 9. The van der Waals surface area contributed by atoms with Crippen LogP contribution < -0.4 is 0 Å². The molecule has 0 aliphatic heterocycles. The summed E-state index contributed by atoms with van der Waals surface area (Å²) in [5, 5.41) is 11.9. The minimum atomic E-state index is 0.903. The average Bonchev–Trinajstić information content (AvgIpc) is 3.73. The van der Waals surface area contributed by atoms with Gasteiger partial charge in [-0.3, -0.25) is 0 Å². The third-order valence-corrected chi connectivity index (χ3v) is 10.4. The van der Waals surface area contributed by atoms with Crippen LogP contribution in [-0.2, 0) is 0 Å². The average molecular weight is 637 g/mol. The monoisotopic (exact) mass is 636 g/mol. The van der Waals surface area contributed by atoms with Crippen LogP contribution in [0.3, 0.4) is 0 Å². The molecule has 0 amide bonds. The van der Waals surface area contributed by atoms with Crippen molar-refractivity contribution < 1.29 is 8.83 Å². The van der Waals surface area contributed by atoms with Gasteiger partial charge >= 0.3 is 0 Å². The molecule has 2 heterocycles. The summed E-state index contributed by atoms with van der Waals surface area (Å²) in [5.74, 6) is 0. The second kappa shape index (κ2) is 10.4. The van der Waals surface area contributed by atoms with Crippen molar-refractivity contribution in [2.24, 2.45) is 0 Å². The summed E-state index contributed by atoms with van der Waals surface area (Å²) in [4.78, 5) is 0. The molecule has 2 nitrogen and oxygen atoms in total. The van der Waals surface area contributed by atoms with Gasteiger partial charge in [0.2, 0.25) is 0 Å². The maximum absolute atomic E-state index is 6.45. The van der Waals surface area contributed by atoms with Crippen LogP contribution in [0.15, 0.2) is 179 Å². The molecule has 0 saturated carbocycles. The normalized spacial score (nSPS) is 12.0. The van der Waals surface area contributed by atoms with Crippen LogP contribution in [0.4, 0.5) is 0 Å². The highest BCUT2D eigenvalue weighted by atomic mass is 16.3. The zero-order valence-corrected chi connectivity index (χ0v) is 27.0. The van der Waals surface area contributed by atoms with Gasteiger partial charge in [0.1, 0.15) is 22.3 Å². The van der Waals surface area contributed by atoms with Crippen LogP contribution >= 0.6 is 0 Å². The van der Waals surface area contributed by atoms with Crippen LogP contribution in [0.2, 0.25) is 0 Å². The van der Waals surface area contributed by atoms with Crippen molar-refractivity contribution >= 4 is 76.2 Å². The lowest BCUT2D eigenvalue weighted by Gasteiger charge is -2.18. The summed E-state index contributed by atoms with van der Waals surface area (Å²) in [5.41, 5.74) is 10.7. The summed E-state index contributed by atoms with van der Waals surface area (Å²) in [6, 6.07) is 60.9. The Morgan fingerprint density at radius 2 is 0.820 bits per heavy atom. The maximum Gasteiger partial charge on any atom is 0.143 e. The van der Waals surface area contributed by atoms with E-state index in [0.717, 1.165) is 55.0 Å². The molecule has 0 saturated heterocycles. The number of benzene rings is 9. The first-order valence-electron chi connectivity index (χ1n) is 17.1. The predicted octanol–water partition coefficient (Wildman–Crippen LogP) is 13.9. The van der Waals surface area contributed by atoms with Crippen molar-refractivity contribution in [3.05, 3.63) is 170 Å². The molecule has 0 fully saturated rings. The summed E-state index contributed by atoms with van der Waals surface area (Å²) in [6.45, 7) is 0. The lowest BCUT2D eigenvalue weighted by molar-refractivity contribution is 0.669. The molecule has 11 aromatic rings. The topological polar surface area (TPSA) is 26.3 Å². The molecular weight excluding hydrogens is 609 g/mol. The van der Waals surface area contributed by atoms with E-state index in [-0.39, 0.29) is 0 Å². The molecule has 0 bridgehead atoms. The Balaban J connectivity index is 1.15. The highest BCUT2D eigenvalue weighted by molar-refractivity contribution is 6.22. The molecule has 0 aliphatic carbocycles. The van der Waals surface area contributed by atoms with E-state index in [1.54, 1.807) is 0 Å². The molecule has 9 aromatic carbocycles. The molecule has 11 rings (SSSR count). The number of hydrogen-bond donors (Lipinski definition) is 0. The first kappa shape index (κ1) is 27.3. The fourth-order valence-corrected chi connectivity index (χ4v) is 8.18. The van der Waals surface area contributed by atoms with Crippen molar-refractivity contribution in [3.63, 3.8) is 0 Å². The highest BCUT2D eigenvalue weighted by Crippen LogP contribution is 2.46. The third kappa shape index (κ3) is 3.96. The van der Waals surface area contributed by atoms with Gasteiger partial charge < -0.3 is 8.83 Å². The van der Waals surface area contributed by atoms with Gasteiger partial charge in [0.15, 0.2) is 0 Å². The smallest absolute Gasteiger partial charge is 0.143 e. The van der Waals surface area contributed by atoms with E-state index >= 15 is 0 Å². The van der Waals surface area contributed by atoms with Crippen LogP contribution in [0.5, 0.6) is 0 Å². The zero-order valence-electron chi connectivity index (χ0n) is 27.0. The Hall–Kier alpha value is -6.64. The molecule has 232 valence electrons. The fourth-order valence-electron chi connectivity index (χ4n) is 8.18. The number of rotatable bonds is 3. The van der Waals surface area contributed by atoms with Crippen LogP contribution in [0.25, 0.3) is 110 Å². The molecule has 2 heteroatoms. The number of hydrogen-bond acceptors (Lipinski definition) is 2. The molecule has 0 atom stereocenters. The second-order valence-corrected chi connectivity index (χ2v) is 13.2. The van der Waals surface area contributed by atoms with E-state index in [2.05, 4.69) is 158 Å². The molecular formula is C48H28O2. The predicted molar refractivity (Wildman–Crippen MR) is 210 cm³/mol. The summed E-state index contributed by atoms with van der Waals surface area (Å²) in [6.07, 6.45) is 0. The Kier molecular flexibility index (Phi) is 5.70. The van der Waals surface area contributed by atoms with Gasteiger partial charge in [0.25, 0.3) is 0 Å². The Bertz CT molecular complexity index is 3100. The zero-order chi connectivity index (χ0) is 32.8. The minimum Gasteiger partial charge on any atom is -0.456 e. The van der Waals surface area contributed by atoms with Crippen molar-refractivity contribution in [2.75, 3.05) is 0 Å². The van der Waals surface area contributed by atoms with E-state index in [1.165, 1.54) is 54.6 Å². The van der Waals surface area contributed by atoms with Gasteiger partial charge in [-0.15, -0.1) is 0 Å².